The van der Waals surface area contributed by atoms with Gasteiger partial charge in [-0.15, -0.1) is 0 Å². The molecular formula is C20H26BrNO2. The van der Waals surface area contributed by atoms with Gasteiger partial charge in [0, 0.05) is 23.7 Å². The van der Waals surface area contributed by atoms with Crippen molar-refractivity contribution in [1.82, 2.24) is 0 Å². The molecule has 0 atom stereocenters. The Bertz CT molecular complexity index is 642. The molecule has 130 valence electrons. The number of fused-ring (bicyclic) bond motifs is 1. The van der Waals surface area contributed by atoms with Crippen molar-refractivity contribution in [2.45, 2.75) is 63.1 Å². The third-order valence-electron chi connectivity index (χ3n) is 5.22. The molecule has 0 aromatic heterocycles. The van der Waals surface area contributed by atoms with Crippen LogP contribution >= 0.6 is 15.9 Å². The average molecular weight is 392 g/mol. The molecule has 0 unspecified atom stereocenters. The Morgan fingerprint density at radius 1 is 1.12 bits per heavy atom. The molecule has 1 aromatic rings. The van der Waals surface area contributed by atoms with Crippen LogP contribution in [0.1, 0.15) is 68.3 Å². The fourth-order valence-corrected chi connectivity index (χ4v) is 4.11. The van der Waals surface area contributed by atoms with E-state index in [9.17, 15) is 9.59 Å². The second kappa shape index (κ2) is 6.99. The Labute approximate surface area is 152 Å². The lowest BCUT2D eigenvalue weighted by molar-refractivity contribution is -0.123. The van der Waals surface area contributed by atoms with Gasteiger partial charge in [0.15, 0.2) is 5.78 Å². The predicted octanol–water partition coefficient (Wildman–Crippen LogP) is 4.90. The van der Waals surface area contributed by atoms with Crippen molar-refractivity contribution in [1.29, 1.82) is 0 Å². The van der Waals surface area contributed by atoms with E-state index in [1.165, 1.54) is 19.3 Å². The SMILES string of the molecule is CC(C)(Br)C(=O)c1ccc2c(c1)CCCN2C(=O)C1CCCCC1. The predicted molar refractivity (Wildman–Crippen MR) is 101 cm³/mol. The van der Waals surface area contributed by atoms with Crippen LogP contribution in [0, 0.1) is 5.92 Å². The Morgan fingerprint density at radius 3 is 2.50 bits per heavy atom. The molecule has 24 heavy (non-hydrogen) atoms. The number of alkyl halides is 1. The zero-order valence-electron chi connectivity index (χ0n) is 14.6. The Hall–Kier alpha value is -1.16. The first-order chi connectivity index (χ1) is 11.4. The summed E-state index contributed by atoms with van der Waals surface area (Å²) in [6.45, 7) is 4.54. The lowest BCUT2D eigenvalue weighted by Crippen LogP contribution is -2.40. The summed E-state index contributed by atoms with van der Waals surface area (Å²) in [5.74, 6) is 0.559. The van der Waals surface area contributed by atoms with Gasteiger partial charge < -0.3 is 4.90 Å². The van der Waals surface area contributed by atoms with Crippen LogP contribution in [0.3, 0.4) is 0 Å². The highest BCUT2D eigenvalue weighted by atomic mass is 79.9. The molecule has 1 aromatic carbocycles. The van der Waals surface area contributed by atoms with Crippen LogP contribution in [-0.4, -0.2) is 22.6 Å². The quantitative estimate of drug-likeness (QED) is 0.542. The fourth-order valence-electron chi connectivity index (χ4n) is 3.88. The monoisotopic (exact) mass is 391 g/mol. The summed E-state index contributed by atoms with van der Waals surface area (Å²) in [5, 5.41) is 0. The van der Waals surface area contributed by atoms with E-state index in [0.29, 0.717) is 0 Å². The molecule has 1 aliphatic carbocycles. The van der Waals surface area contributed by atoms with Crippen molar-refractivity contribution in [2.75, 3.05) is 11.4 Å². The summed E-state index contributed by atoms with van der Waals surface area (Å²) < 4.78 is -0.562. The first-order valence-corrected chi connectivity index (χ1v) is 9.85. The highest BCUT2D eigenvalue weighted by Gasteiger charge is 2.31. The van der Waals surface area contributed by atoms with Crippen molar-refractivity contribution in [2.24, 2.45) is 5.92 Å². The summed E-state index contributed by atoms with van der Waals surface area (Å²) in [7, 11) is 0. The zero-order valence-corrected chi connectivity index (χ0v) is 16.2. The summed E-state index contributed by atoms with van der Waals surface area (Å²) in [5.41, 5.74) is 2.87. The first kappa shape index (κ1) is 17.7. The maximum Gasteiger partial charge on any atom is 0.230 e. The third-order valence-corrected chi connectivity index (χ3v) is 5.58. The number of nitrogens with zero attached hydrogens (tertiary/aromatic N) is 1. The van der Waals surface area contributed by atoms with Crippen LogP contribution in [0.5, 0.6) is 0 Å². The summed E-state index contributed by atoms with van der Waals surface area (Å²) in [4.78, 5) is 27.4. The maximum absolute atomic E-state index is 12.9. The molecule has 3 nitrogen and oxygen atoms in total. The van der Waals surface area contributed by atoms with E-state index in [-0.39, 0.29) is 17.6 Å². The van der Waals surface area contributed by atoms with Gasteiger partial charge in [0.1, 0.15) is 0 Å². The van der Waals surface area contributed by atoms with Gasteiger partial charge in [0.25, 0.3) is 0 Å². The lowest BCUT2D eigenvalue weighted by Gasteiger charge is -2.34. The number of carbonyl (C=O) groups excluding carboxylic acids is 2. The van der Waals surface area contributed by atoms with Crippen LogP contribution in [0.4, 0.5) is 5.69 Å². The highest BCUT2D eigenvalue weighted by Crippen LogP contribution is 2.34. The number of anilines is 1. The van der Waals surface area contributed by atoms with Gasteiger partial charge in [-0.3, -0.25) is 9.59 Å². The highest BCUT2D eigenvalue weighted by molar-refractivity contribution is 9.10. The van der Waals surface area contributed by atoms with Crippen molar-refractivity contribution in [3.63, 3.8) is 0 Å². The number of aryl methyl sites for hydroxylation is 1. The van der Waals surface area contributed by atoms with E-state index in [4.69, 9.17) is 0 Å². The van der Waals surface area contributed by atoms with E-state index in [1.54, 1.807) is 0 Å². The molecule has 0 saturated heterocycles. The number of hydrogen-bond acceptors (Lipinski definition) is 2. The van der Waals surface area contributed by atoms with Crippen molar-refractivity contribution >= 4 is 33.3 Å². The number of amides is 1. The number of halogens is 1. The largest absolute Gasteiger partial charge is 0.312 e. The molecule has 1 saturated carbocycles. The molecule has 3 rings (SSSR count). The third kappa shape index (κ3) is 3.58. The normalized spacial score (nSPS) is 19.0. The fraction of sp³-hybridized carbons (Fsp3) is 0.600. The Kier molecular flexibility index (Phi) is 5.14. The topological polar surface area (TPSA) is 37.4 Å². The molecule has 0 bridgehead atoms. The van der Waals surface area contributed by atoms with Crippen LogP contribution in [0.25, 0.3) is 0 Å². The smallest absolute Gasteiger partial charge is 0.230 e. The minimum Gasteiger partial charge on any atom is -0.312 e. The molecule has 1 heterocycles. The minimum atomic E-state index is -0.562. The van der Waals surface area contributed by atoms with Gasteiger partial charge >= 0.3 is 0 Å². The average Bonchev–Trinajstić information content (AvgIpc) is 2.59. The Morgan fingerprint density at radius 2 is 1.83 bits per heavy atom. The van der Waals surface area contributed by atoms with E-state index < -0.39 is 4.32 Å². The number of Topliss-reactive ketones (excluding diaryl/α,β-unsaturated/α-hetero) is 1. The van der Waals surface area contributed by atoms with E-state index in [0.717, 1.165) is 49.0 Å². The van der Waals surface area contributed by atoms with E-state index in [2.05, 4.69) is 15.9 Å². The molecule has 1 aliphatic heterocycles. The zero-order chi connectivity index (χ0) is 17.3. The first-order valence-electron chi connectivity index (χ1n) is 9.06. The van der Waals surface area contributed by atoms with Gasteiger partial charge in [0.05, 0.1) is 4.32 Å². The standard InChI is InChI=1S/C20H26BrNO2/c1-20(2,21)18(23)16-10-11-17-15(13-16)9-6-12-22(17)19(24)14-7-4-3-5-8-14/h10-11,13-14H,3-9,12H2,1-2H3. The van der Waals surface area contributed by atoms with E-state index >= 15 is 0 Å². The molecule has 1 fully saturated rings. The number of ketones is 1. The van der Waals surface area contributed by atoms with Gasteiger partial charge in [-0.2, -0.15) is 0 Å². The number of carbonyl (C=O) groups is 2. The molecular weight excluding hydrogens is 366 g/mol. The molecule has 0 N–H and O–H groups in total. The molecule has 1 amide bonds. The summed E-state index contributed by atoms with van der Waals surface area (Å²) >= 11 is 3.45. The molecule has 0 radical (unpaired) electrons. The summed E-state index contributed by atoms with van der Waals surface area (Å²) in [6, 6.07) is 5.83. The van der Waals surface area contributed by atoms with Crippen molar-refractivity contribution < 1.29 is 9.59 Å². The second-order valence-corrected chi connectivity index (χ2v) is 9.56. The maximum atomic E-state index is 12.9. The number of benzene rings is 1. The van der Waals surface area contributed by atoms with Crippen LogP contribution < -0.4 is 4.90 Å². The van der Waals surface area contributed by atoms with Gasteiger partial charge in [-0.25, -0.2) is 0 Å². The van der Waals surface area contributed by atoms with Crippen molar-refractivity contribution in [3.05, 3.63) is 29.3 Å². The van der Waals surface area contributed by atoms with Gasteiger partial charge in [-0.1, -0.05) is 35.2 Å². The lowest BCUT2D eigenvalue weighted by atomic mass is 9.87. The minimum absolute atomic E-state index is 0.0843. The van der Waals surface area contributed by atoms with Gasteiger partial charge in [-0.05, 0) is 63.3 Å². The number of rotatable bonds is 3. The second-order valence-electron chi connectivity index (χ2n) is 7.57. The van der Waals surface area contributed by atoms with E-state index in [1.807, 2.05) is 36.9 Å². The Balaban J connectivity index is 1.85. The van der Waals surface area contributed by atoms with Crippen molar-refractivity contribution in [3.8, 4) is 0 Å². The van der Waals surface area contributed by atoms with Crippen LogP contribution in [-0.2, 0) is 11.2 Å². The molecule has 4 heteroatoms. The molecule has 0 spiro atoms. The van der Waals surface area contributed by atoms with Gasteiger partial charge in [0.2, 0.25) is 5.91 Å². The van der Waals surface area contributed by atoms with Crippen LogP contribution in [0.15, 0.2) is 18.2 Å². The molecule has 2 aliphatic rings. The van der Waals surface area contributed by atoms with Crippen LogP contribution in [0.2, 0.25) is 0 Å². The summed E-state index contributed by atoms with van der Waals surface area (Å²) in [6.07, 6.45) is 7.57. The number of hydrogen-bond donors (Lipinski definition) is 0.